The second kappa shape index (κ2) is 7.50. The summed E-state index contributed by atoms with van der Waals surface area (Å²) in [5.74, 6) is -1.34. The van der Waals surface area contributed by atoms with Gasteiger partial charge in [-0.3, -0.25) is 4.79 Å². The minimum absolute atomic E-state index is 0.0623. The number of nitrogens with one attached hydrogen (secondary N) is 1. The lowest BCUT2D eigenvalue weighted by molar-refractivity contribution is -0.142. The van der Waals surface area contributed by atoms with Crippen LogP contribution in [0, 0.1) is 5.92 Å². The van der Waals surface area contributed by atoms with Crippen molar-refractivity contribution in [3.8, 4) is 10.8 Å². The molecule has 0 spiro atoms. The Morgan fingerprint density at radius 1 is 1.26 bits per heavy atom. The zero-order chi connectivity index (χ0) is 18.8. The number of hydrogen-bond donors (Lipinski definition) is 2. The number of hydrogen-bond acceptors (Lipinski definition) is 6. The molecule has 0 radical (unpaired) electrons. The van der Waals surface area contributed by atoms with Crippen molar-refractivity contribution in [2.45, 2.75) is 18.9 Å². The first-order valence-electron chi connectivity index (χ1n) is 8.69. The number of carboxylic acid groups (broad SMARTS) is 1. The number of fused-ring (bicyclic) bond motifs is 1. The fourth-order valence-corrected chi connectivity index (χ4v) is 4.10. The van der Waals surface area contributed by atoms with Gasteiger partial charge in [0.2, 0.25) is 0 Å². The number of thiazole rings is 1. The first-order chi connectivity index (χ1) is 13.1. The summed E-state index contributed by atoms with van der Waals surface area (Å²) in [6, 6.07) is 9.93. The zero-order valence-electron chi connectivity index (χ0n) is 14.4. The minimum Gasteiger partial charge on any atom is -0.480 e. The summed E-state index contributed by atoms with van der Waals surface area (Å²) in [6.45, 7) is 0.951. The maximum Gasteiger partial charge on any atom is 0.326 e. The van der Waals surface area contributed by atoms with Gasteiger partial charge in [-0.15, -0.1) is 11.3 Å². The van der Waals surface area contributed by atoms with Crippen LogP contribution in [0.15, 0.2) is 40.8 Å². The van der Waals surface area contributed by atoms with Gasteiger partial charge in [0, 0.05) is 12.5 Å². The molecular weight excluding hydrogens is 368 g/mol. The minimum atomic E-state index is -1.07. The van der Waals surface area contributed by atoms with E-state index in [2.05, 4.69) is 10.3 Å². The number of carboxylic acids is 1. The smallest absolute Gasteiger partial charge is 0.326 e. The van der Waals surface area contributed by atoms with Crippen molar-refractivity contribution in [3.63, 3.8) is 0 Å². The molecular formula is C19H18N2O5S. The highest BCUT2D eigenvalue weighted by atomic mass is 32.1. The molecule has 4 rings (SSSR count). The molecule has 3 heterocycles. The number of nitrogens with zero attached hydrogens (tertiary/aromatic N) is 1. The van der Waals surface area contributed by atoms with E-state index < -0.39 is 17.9 Å². The Bertz CT molecular complexity index is 940. The lowest BCUT2D eigenvalue weighted by Gasteiger charge is -2.27. The van der Waals surface area contributed by atoms with Crippen LogP contribution in [0.4, 0.5) is 0 Å². The molecule has 1 aliphatic rings. The van der Waals surface area contributed by atoms with E-state index in [0.717, 1.165) is 16.6 Å². The molecule has 8 heteroatoms. The highest BCUT2D eigenvalue weighted by Gasteiger charge is 2.32. The summed E-state index contributed by atoms with van der Waals surface area (Å²) in [4.78, 5) is 28.6. The Hall–Kier alpha value is -2.71. The quantitative estimate of drug-likeness (QED) is 0.698. The SMILES string of the molecule is O=C(NC(C(=O)O)C1CCCOC1)c1ccc(-c2nc3ccccc3s2)o1. The van der Waals surface area contributed by atoms with Gasteiger partial charge in [0.05, 0.1) is 16.8 Å². The summed E-state index contributed by atoms with van der Waals surface area (Å²) >= 11 is 1.47. The Morgan fingerprint density at radius 3 is 2.85 bits per heavy atom. The van der Waals surface area contributed by atoms with Gasteiger partial charge in [-0.25, -0.2) is 9.78 Å². The van der Waals surface area contributed by atoms with E-state index in [1.54, 1.807) is 6.07 Å². The summed E-state index contributed by atoms with van der Waals surface area (Å²) in [5, 5.41) is 12.7. The number of aliphatic carboxylic acids is 1. The van der Waals surface area contributed by atoms with Crippen LogP contribution in [0.25, 0.3) is 21.0 Å². The average Bonchev–Trinajstić information content (AvgIpc) is 3.33. The lowest BCUT2D eigenvalue weighted by Crippen LogP contribution is -2.48. The molecule has 2 atom stereocenters. The van der Waals surface area contributed by atoms with Gasteiger partial charge in [0.25, 0.3) is 5.91 Å². The zero-order valence-corrected chi connectivity index (χ0v) is 15.2. The molecule has 0 saturated carbocycles. The van der Waals surface area contributed by atoms with Crippen molar-refractivity contribution in [1.29, 1.82) is 0 Å². The molecule has 0 bridgehead atoms. The van der Waals surface area contributed by atoms with Crippen molar-refractivity contribution in [1.82, 2.24) is 10.3 Å². The first kappa shape index (κ1) is 17.7. The standard InChI is InChI=1S/C19H18N2O5S/c22-17(21-16(19(23)24)11-4-3-9-25-10-11)13-7-8-14(26-13)18-20-12-5-1-2-6-15(12)27-18/h1-2,5-8,11,16H,3-4,9-10H2,(H,21,22)(H,23,24). The molecule has 140 valence electrons. The summed E-state index contributed by atoms with van der Waals surface area (Å²) < 4.78 is 12.0. The topological polar surface area (TPSA) is 102 Å². The number of carbonyl (C=O) groups is 2. The van der Waals surface area contributed by atoms with E-state index >= 15 is 0 Å². The molecule has 2 aromatic heterocycles. The maximum atomic E-state index is 12.5. The van der Waals surface area contributed by atoms with Crippen LogP contribution in [0.2, 0.25) is 0 Å². The molecule has 1 aliphatic heterocycles. The third-order valence-electron chi connectivity index (χ3n) is 4.55. The van der Waals surface area contributed by atoms with E-state index in [-0.39, 0.29) is 11.7 Å². The number of benzene rings is 1. The molecule has 3 aromatic rings. The van der Waals surface area contributed by atoms with Crippen LogP contribution in [0.5, 0.6) is 0 Å². The normalized spacial score (nSPS) is 18.3. The Labute approximate surface area is 159 Å². The molecule has 2 N–H and O–H groups in total. The van der Waals surface area contributed by atoms with Crippen molar-refractivity contribution >= 4 is 33.4 Å². The monoisotopic (exact) mass is 386 g/mol. The summed E-state index contributed by atoms with van der Waals surface area (Å²) in [6.07, 6.45) is 1.49. The fraction of sp³-hybridized carbons (Fsp3) is 0.316. The predicted molar refractivity (Wildman–Crippen MR) is 99.8 cm³/mol. The number of rotatable bonds is 5. The van der Waals surface area contributed by atoms with Crippen LogP contribution < -0.4 is 5.32 Å². The Kier molecular flexibility index (Phi) is 4.91. The van der Waals surface area contributed by atoms with Gasteiger partial charge in [-0.2, -0.15) is 0 Å². The Morgan fingerprint density at radius 2 is 2.11 bits per heavy atom. The van der Waals surface area contributed by atoms with Gasteiger partial charge < -0.3 is 19.6 Å². The number of furan rings is 1. The van der Waals surface area contributed by atoms with E-state index in [0.29, 0.717) is 30.4 Å². The number of amides is 1. The average molecular weight is 386 g/mol. The first-order valence-corrected chi connectivity index (χ1v) is 9.50. The van der Waals surface area contributed by atoms with Crippen molar-refractivity contribution in [2.75, 3.05) is 13.2 Å². The van der Waals surface area contributed by atoms with E-state index in [1.165, 1.54) is 17.4 Å². The lowest BCUT2D eigenvalue weighted by atomic mass is 9.93. The van der Waals surface area contributed by atoms with Gasteiger partial charge >= 0.3 is 5.97 Å². The van der Waals surface area contributed by atoms with Crippen molar-refractivity contribution < 1.29 is 23.8 Å². The van der Waals surface area contributed by atoms with Gasteiger partial charge in [-0.05, 0) is 37.1 Å². The molecule has 1 amide bonds. The maximum absolute atomic E-state index is 12.5. The van der Waals surface area contributed by atoms with Crippen LogP contribution in [0.3, 0.4) is 0 Å². The van der Waals surface area contributed by atoms with Gasteiger partial charge in [0.1, 0.15) is 6.04 Å². The van der Waals surface area contributed by atoms with Crippen LogP contribution in [-0.2, 0) is 9.53 Å². The van der Waals surface area contributed by atoms with Gasteiger partial charge in [-0.1, -0.05) is 12.1 Å². The highest BCUT2D eigenvalue weighted by molar-refractivity contribution is 7.21. The predicted octanol–water partition coefficient (Wildman–Crippen LogP) is 3.17. The largest absolute Gasteiger partial charge is 0.480 e. The summed E-state index contributed by atoms with van der Waals surface area (Å²) in [5.41, 5.74) is 0.864. The number of aromatic nitrogens is 1. The molecule has 1 saturated heterocycles. The third kappa shape index (κ3) is 3.72. The second-order valence-electron chi connectivity index (χ2n) is 6.42. The molecule has 27 heavy (non-hydrogen) atoms. The molecule has 1 aromatic carbocycles. The van der Waals surface area contributed by atoms with Crippen LogP contribution >= 0.6 is 11.3 Å². The van der Waals surface area contributed by atoms with Crippen molar-refractivity contribution in [2.24, 2.45) is 5.92 Å². The summed E-state index contributed by atoms with van der Waals surface area (Å²) in [7, 11) is 0. The molecule has 1 fully saturated rings. The number of ether oxygens (including phenoxy) is 1. The van der Waals surface area contributed by atoms with Crippen molar-refractivity contribution in [3.05, 3.63) is 42.2 Å². The number of para-hydroxylation sites is 1. The van der Waals surface area contributed by atoms with E-state index in [1.807, 2.05) is 24.3 Å². The van der Waals surface area contributed by atoms with E-state index in [4.69, 9.17) is 9.15 Å². The van der Waals surface area contributed by atoms with E-state index in [9.17, 15) is 14.7 Å². The fourth-order valence-electron chi connectivity index (χ4n) is 3.17. The van der Waals surface area contributed by atoms with Crippen LogP contribution in [-0.4, -0.2) is 41.2 Å². The van der Waals surface area contributed by atoms with Gasteiger partial charge in [0.15, 0.2) is 16.5 Å². The second-order valence-corrected chi connectivity index (χ2v) is 7.45. The molecule has 2 unspecified atom stereocenters. The number of carbonyl (C=O) groups excluding carboxylic acids is 1. The molecule has 0 aliphatic carbocycles. The Balaban J connectivity index is 1.51. The van der Waals surface area contributed by atoms with Crippen LogP contribution in [0.1, 0.15) is 23.4 Å². The molecule has 7 nitrogen and oxygen atoms in total. The third-order valence-corrected chi connectivity index (χ3v) is 5.60. The highest BCUT2D eigenvalue weighted by Crippen LogP contribution is 2.31.